The van der Waals surface area contributed by atoms with Crippen LogP contribution in [0.2, 0.25) is 0 Å². The van der Waals surface area contributed by atoms with E-state index in [-0.39, 0.29) is 11.8 Å². The van der Waals surface area contributed by atoms with Gasteiger partial charge in [-0.05, 0) is 49.9 Å². The Labute approximate surface area is 123 Å². The van der Waals surface area contributed by atoms with Gasteiger partial charge in [-0.15, -0.1) is 13.2 Å². The zero-order valence-electron chi connectivity index (χ0n) is 12.2. The molecule has 1 aromatic carbocycles. The van der Waals surface area contributed by atoms with E-state index < -0.39 is 6.36 Å². The first-order chi connectivity index (χ1) is 9.94. The molecule has 0 saturated heterocycles. The third kappa shape index (κ3) is 5.58. The highest BCUT2D eigenvalue weighted by Gasteiger charge is 2.31. The van der Waals surface area contributed by atoms with E-state index in [4.69, 9.17) is 0 Å². The minimum Gasteiger partial charge on any atom is -0.406 e. The molecule has 1 fully saturated rings. The van der Waals surface area contributed by atoms with E-state index in [1.807, 2.05) is 6.92 Å². The van der Waals surface area contributed by atoms with Crippen molar-refractivity contribution in [2.45, 2.75) is 51.4 Å². The van der Waals surface area contributed by atoms with Crippen molar-refractivity contribution in [1.29, 1.82) is 0 Å². The zero-order chi connectivity index (χ0) is 15.3. The molecule has 0 aliphatic heterocycles. The van der Waals surface area contributed by atoms with Crippen LogP contribution in [0.5, 0.6) is 5.75 Å². The molecule has 2 rings (SSSR count). The van der Waals surface area contributed by atoms with Crippen LogP contribution in [0.3, 0.4) is 0 Å². The Morgan fingerprint density at radius 1 is 1.14 bits per heavy atom. The van der Waals surface area contributed by atoms with Gasteiger partial charge in [0.1, 0.15) is 5.75 Å². The molecule has 5 heteroatoms. The van der Waals surface area contributed by atoms with E-state index in [1.165, 1.54) is 44.2 Å². The Kier molecular flexibility index (Phi) is 5.51. The van der Waals surface area contributed by atoms with E-state index >= 15 is 0 Å². The lowest BCUT2D eigenvalue weighted by molar-refractivity contribution is -0.274. The Bertz CT molecular complexity index is 424. The Morgan fingerprint density at radius 3 is 2.33 bits per heavy atom. The maximum atomic E-state index is 12.1. The predicted molar refractivity (Wildman–Crippen MR) is 76.1 cm³/mol. The predicted octanol–water partition coefficient (Wildman–Crippen LogP) is 4.82. The standard InChI is InChI=1S/C16H22F3NO/c1-12(20-11-13-5-3-2-4-6-13)14-7-9-15(10-8-14)21-16(17,18)19/h7-10,12-13,20H,2-6,11H2,1H3. The van der Waals surface area contributed by atoms with Crippen LogP contribution in [0.25, 0.3) is 0 Å². The van der Waals surface area contributed by atoms with Gasteiger partial charge in [-0.2, -0.15) is 0 Å². The highest BCUT2D eigenvalue weighted by Crippen LogP contribution is 2.26. The van der Waals surface area contributed by atoms with Crippen molar-refractivity contribution in [3.63, 3.8) is 0 Å². The fourth-order valence-electron chi connectivity index (χ4n) is 2.81. The van der Waals surface area contributed by atoms with Crippen LogP contribution in [0.15, 0.2) is 24.3 Å². The smallest absolute Gasteiger partial charge is 0.406 e. The fourth-order valence-corrected chi connectivity index (χ4v) is 2.81. The minimum atomic E-state index is -4.63. The summed E-state index contributed by atoms with van der Waals surface area (Å²) in [5.41, 5.74) is 0.973. The van der Waals surface area contributed by atoms with Crippen LogP contribution in [0.4, 0.5) is 13.2 Å². The van der Waals surface area contributed by atoms with Crippen LogP contribution in [0.1, 0.15) is 50.6 Å². The van der Waals surface area contributed by atoms with E-state index in [2.05, 4.69) is 10.1 Å². The first kappa shape index (κ1) is 16.1. The summed E-state index contributed by atoms with van der Waals surface area (Å²) in [5, 5.41) is 3.47. The molecule has 1 saturated carbocycles. The third-order valence-electron chi connectivity index (χ3n) is 4.05. The van der Waals surface area contributed by atoms with Crippen LogP contribution in [0, 0.1) is 5.92 Å². The molecule has 1 aliphatic rings. The summed E-state index contributed by atoms with van der Waals surface area (Å²) >= 11 is 0. The molecule has 1 unspecified atom stereocenters. The van der Waals surface area contributed by atoms with Crippen LogP contribution >= 0.6 is 0 Å². The summed E-state index contributed by atoms with van der Waals surface area (Å²) in [6.07, 6.45) is 1.88. The highest BCUT2D eigenvalue weighted by molar-refractivity contribution is 5.29. The van der Waals surface area contributed by atoms with Crippen molar-refractivity contribution < 1.29 is 17.9 Å². The number of alkyl halides is 3. The molecule has 2 nitrogen and oxygen atoms in total. The molecule has 1 aromatic rings. The lowest BCUT2D eigenvalue weighted by atomic mass is 9.89. The van der Waals surface area contributed by atoms with Crippen molar-refractivity contribution >= 4 is 0 Å². The van der Waals surface area contributed by atoms with E-state index in [0.717, 1.165) is 18.0 Å². The zero-order valence-corrected chi connectivity index (χ0v) is 12.2. The van der Waals surface area contributed by atoms with Gasteiger partial charge < -0.3 is 10.1 Å². The Morgan fingerprint density at radius 2 is 1.76 bits per heavy atom. The average molecular weight is 301 g/mol. The molecule has 0 spiro atoms. The average Bonchev–Trinajstić information content (AvgIpc) is 2.45. The van der Waals surface area contributed by atoms with Crippen molar-refractivity contribution in [2.75, 3.05) is 6.54 Å². The number of rotatable bonds is 5. The molecular weight excluding hydrogens is 279 g/mol. The first-order valence-corrected chi connectivity index (χ1v) is 7.53. The number of hydrogen-bond donors (Lipinski definition) is 1. The fraction of sp³-hybridized carbons (Fsp3) is 0.625. The van der Waals surface area contributed by atoms with Crippen molar-refractivity contribution in [1.82, 2.24) is 5.32 Å². The quantitative estimate of drug-likeness (QED) is 0.842. The van der Waals surface area contributed by atoms with Gasteiger partial charge in [0.2, 0.25) is 0 Å². The second-order valence-corrected chi connectivity index (χ2v) is 5.75. The van der Waals surface area contributed by atoms with Gasteiger partial charge in [-0.25, -0.2) is 0 Å². The van der Waals surface area contributed by atoms with Crippen LogP contribution in [-0.2, 0) is 0 Å². The second-order valence-electron chi connectivity index (χ2n) is 5.75. The van der Waals surface area contributed by atoms with E-state index in [0.29, 0.717) is 0 Å². The molecule has 0 bridgehead atoms. The maximum Gasteiger partial charge on any atom is 0.573 e. The normalized spacial score (nSPS) is 18.5. The Hall–Kier alpha value is -1.23. The summed E-state index contributed by atoms with van der Waals surface area (Å²) in [6.45, 7) is 3.00. The van der Waals surface area contributed by atoms with Gasteiger partial charge >= 0.3 is 6.36 Å². The van der Waals surface area contributed by atoms with Gasteiger partial charge in [0.05, 0.1) is 0 Å². The topological polar surface area (TPSA) is 21.3 Å². The summed E-state index contributed by atoms with van der Waals surface area (Å²) in [7, 11) is 0. The summed E-state index contributed by atoms with van der Waals surface area (Å²) < 4.78 is 40.1. The molecule has 1 aliphatic carbocycles. The number of benzene rings is 1. The summed E-state index contributed by atoms with van der Waals surface area (Å²) in [4.78, 5) is 0. The molecule has 1 atom stereocenters. The van der Waals surface area contributed by atoms with Gasteiger partial charge in [-0.1, -0.05) is 31.4 Å². The summed E-state index contributed by atoms with van der Waals surface area (Å²) in [6, 6.07) is 6.22. The highest BCUT2D eigenvalue weighted by atomic mass is 19.4. The Balaban J connectivity index is 1.83. The van der Waals surface area contributed by atoms with Crippen molar-refractivity contribution in [3.8, 4) is 5.75 Å². The largest absolute Gasteiger partial charge is 0.573 e. The maximum absolute atomic E-state index is 12.1. The van der Waals surface area contributed by atoms with Crippen LogP contribution in [-0.4, -0.2) is 12.9 Å². The second kappa shape index (κ2) is 7.16. The molecule has 0 heterocycles. The number of hydrogen-bond acceptors (Lipinski definition) is 2. The first-order valence-electron chi connectivity index (χ1n) is 7.53. The molecule has 0 radical (unpaired) electrons. The lowest BCUT2D eigenvalue weighted by Gasteiger charge is -2.24. The van der Waals surface area contributed by atoms with Crippen molar-refractivity contribution in [3.05, 3.63) is 29.8 Å². The van der Waals surface area contributed by atoms with Gasteiger partial charge in [0, 0.05) is 6.04 Å². The van der Waals surface area contributed by atoms with Crippen molar-refractivity contribution in [2.24, 2.45) is 5.92 Å². The number of nitrogens with one attached hydrogen (secondary N) is 1. The third-order valence-corrected chi connectivity index (χ3v) is 4.05. The molecule has 21 heavy (non-hydrogen) atoms. The van der Waals surface area contributed by atoms with E-state index in [1.54, 1.807) is 12.1 Å². The molecule has 0 amide bonds. The van der Waals surface area contributed by atoms with Gasteiger partial charge in [-0.3, -0.25) is 0 Å². The van der Waals surface area contributed by atoms with Gasteiger partial charge in [0.15, 0.2) is 0 Å². The van der Waals surface area contributed by atoms with Crippen LogP contribution < -0.4 is 10.1 Å². The molecule has 0 aromatic heterocycles. The monoisotopic (exact) mass is 301 g/mol. The minimum absolute atomic E-state index is 0.131. The number of halogens is 3. The summed E-state index contributed by atoms with van der Waals surface area (Å²) in [5.74, 6) is 0.555. The lowest BCUT2D eigenvalue weighted by Crippen LogP contribution is -2.27. The molecular formula is C16H22F3NO. The molecule has 118 valence electrons. The SMILES string of the molecule is CC(NCC1CCCCC1)c1ccc(OC(F)(F)F)cc1. The van der Waals surface area contributed by atoms with Gasteiger partial charge in [0.25, 0.3) is 0 Å². The molecule has 1 N–H and O–H groups in total. The van der Waals surface area contributed by atoms with E-state index in [9.17, 15) is 13.2 Å². The number of ether oxygens (including phenoxy) is 1.